The number of rotatable bonds is 0. The van der Waals surface area contributed by atoms with Crippen LogP contribution >= 0.6 is 0 Å². The monoisotopic (exact) mass is 142 g/mol. The van der Waals surface area contributed by atoms with Gasteiger partial charge in [0.1, 0.15) is 0 Å². The van der Waals surface area contributed by atoms with Gasteiger partial charge in [-0.25, -0.2) is 0 Å². The predicted octanol–water partition coefficient (Wildman–Crippen LogP) is 0.938. The van der Waals surface area contributed by atoms with Crippen LogP contribution in [0.25, 0.3) is 0 Å². The Balaban J connectivity index is 2.03. The van der Waals surface area contributed by atoms with Crippen molar-refractivity contribution in [2.24, 2.45) is 5.41 Å². The Kier molecular flexibility index (Phi) is 1.46. The maximum atomic E-state index is 9.55. The fourth-order valence-corrected chi connectivity index (χ4v) is 2.03. The summed E-state index contributed by atoms with van der Waals surface area (Å²) in [6, 6.07) is 0. The van der Waals surface area contributed by atoms with E-state index in [4.69, 9.17) is 4.74 Å². The molecule has 2 nitrogen and oxygen atoms in total. The van der Waals surface area contributed by atoms with E-state index in [1.807, 2.05) is 0 Å². The van der Waals surface area contributed by atoms with Gasteiger partial charge in [-0.15, -0.1) is 0 Å². The molecule has 1 unspecified atom stereocenters. The first-order chi connectivity index (χ1) is 4.83. The molecule has 1 heterocycles. The Morgan fingerprint density at radius 1 is 1.30 bits per heavy atom. The van der Waals surface area contributed by atoms with E-state index in [0.29, 0.717) is 6.61 Å². The molecule has 1 saturated heterocycles. The predicted molar refractivity (Wildman–Crippen MR) is 37.7 cm³/mol. The molecule has 58 valence electrons. The molecule has 0 aromatic heterocycles. The van der Waals surface area contributed by atoms with Gasteiger partial charge in [0.25, 0.3) is 0 Å². The Morgan fingerprint density at radius 3 is 2.50 bits per heavy atom. The highest BCUT2D eigenvalue weighted by Gasteiger charge is 2.44. The Labute approximate surface area is 61.2 Å². The Morgan fingerprint density at radius 2 is 2.10 bits per heavy atom. The second-order valence-electron chi connectivity index (χ2n) is 3.56. The van der Waals surface area contributed by atoms with E-state index in [1.54, 1.807) is 0 Å². The van der Waals surface area contributed by atoms with Crippen molar-refractivity contribution < 1.29 is 9.84 Å². The average molecular weight is 142 g/mol. The lowest BCUT2D eigenvalue weighted by Crippen LogP contribution is -2.47. The summed E-state index contributed by atoms with van der Waals surface area (Å²) in [5.74, 6) is 0. The molecule has 1 aliphatic heterocycles. The van der Waals surface area contributed by atoms with Crippen LogP contribution < -0.4 is 0 Å². The molecule has 1 atom stereocenters. The van der Waals surface area contributed by atoms with Crippen molar-refractivity contribution in [1.29, 1.82) is 0 Å². The van der Waals surface area contributed by atoms with E-state index < -0.39 is 0 Å². The zero-order chi connectivity index (χ0) is 7.03. The van der Waals surface area contributed by atoms with Crippen molar-refractivity contribution in [2.45, 2.75) is 31.8 Å². The minimum Gasteiger partial charge on any atom is -0.390 e. The van der Waals surface area contributed by atoms with Crippen LogP contribution in [0.3, 0.4) is 0 Å². The van der Waals surface area contributed by atoms with Gasteiger partial charge in [-0.1, -0.05) is 6.42 Å². The van der Waals surface area contributed by atoms with Gasteiger partial charge in [0.05, 0.1) is 12.7 Å². The average Bonchev–Trinajstić information content (AvgIpc) is 1.85. The number of aliphatic hydroxyl groups is 1. The zero-order valence-electron chi connectivity index (χ0n) is 6.18. The molecule has 1 aliphatic carbocycles. The highest BCUT2D eigenvalue weighted by molar-refractivity contribution is 4.95. The lowest BCUT2D eigenvalue weighted by molar-refractivity contribution is -0.131. The van der Waals surface area contributed by atoms with Crippen LogP contribution in [0.5, 0.6) is 0 Å². The molecule has 0 amide bonds. The smallest absolute Gasteiger partial charge is 0.0830 e. The van der Waals surface area contributed by atoms with Crippen LogP contribution in [0.1, 0.15) is 25.7 Å². The summed E-state index contributed by atoms with van der Waals surface area (Å²) in [6.45, 7) is 1.43. The summed E-state index contributed by atoms with van der Waals surface area (Å²) in [7, 11) is 0. The van der Waals surface area contributed by atoms with E-state index >= 15 is 0 Å². The summed E-state index contributed by atoms with van der Waals surface area (Å²) in [4.78, 5) is 0. The summed E-state index contributed by atoms with van der Waals surface area (Å²) >= 11 is 0. The van der Waals surface area contributed by atoms with Crippen molar-refractivity contribution >= 4 is 0 Å². The maximum Gasteiger partial charge on any atom is 0.0830 e. The SMILES string of the molecule is OC1COCCC12CCC2. The van der Waals surface area contributed by atoms with E-state index in [0.717, 1.165) is 13.0 Å². The van der Waals surface area contributed by atoms with Crippen molar-refractivity contribution in [3.63, 3.8) is 0 Å². The third kappa shape index (κ3) is 0.789. The first-order valence-electron chi connectivity index (χ1n) is 4.09. The van der Waals surface area contributed by atoms with E-state index in [1.165, 1.54) is 19.3 Å². The molecule has 1 saturated carbocycles. The number of aliphatic hydroxyl groups excluding tert-OH is 1. The zero-order valence-corrected chi connectivity index (χ0v) is 6.18. The second-order valence-corrected chi connectivity index (χ2v) is 3.56. The normalized spacial score (nSPS) is 37.5. The van der Waals surface area contributed by atoms with Crippen molar-refractivity contribution in [1.82, 2.24) is 0 Å². The molecule has 10 heavy (non-hydrogen) atoms. The van der Waals surface area contributed by atoms with Gasteiger partial charge in [0.2, 0.25) is 0 Å². The van der Waals surface area contributed by atoms with Crippen LogP contribution in [-0.2, 0) is 4.74 Å². The van der Waals surface area contributed by atoms with Crippen LogP contribution in [0.15, 0.2) is 0 Å². The highest BCUT2D eigenvalue weighted by atomic mass is 16.5. The molecular weight excluding hydrogens is 128 g/mol. The largest absolute Gasteiger partial charge is 0.390 e. The first-order valence-corrected chi connectivity index (χ1v) is 4.09. The molecule has 0 aromatic carbocycles. The first kappa shape index (κ1) is 6.62. The van der Waals surface area contributed by atoms with Gasteiger partial charge >= 0.3 is 0 Å². The van der Waals surface area contributed by atoms with Crippen molar-refractivity contribution in [2.75, 3.05) is 13.2 Å². The van der Waals surface area contributed by atoms with E-state index in [-0.39, 0.29) is 11.5 Å². The standard InChI is InChI=1S/C8H14O2/c9-7-6-10-5-4-8(7)2-1-3-8/h7,9H,1-6H2. The Bertz CT molecular complexity index is 129. The van der Waals surface area contributed by atoms with E-state index in [2.05, 4.69) is 0 Å². The molecule has 1 N–H and O–H groups in total. The quantitative estimate of drug-likeness (QED) is 0.545. The van der Waals surface area contributed by atoms with Gasteiger partial charge in [-0.05, 0) is 19.3 Å². The van der Waals surface area contributed by atoms with Crippen molar-refractivity contribution in [3.8, 4) is 0 Å². The van der Waals surface area contributed by atoms with Crippen LogP contribution in [0.4, 0.5) is 0 Å². The third-order valence-electron chi connectivity index (χ3n) is 3.08. The number of hydrogen-bond donors (Lipinski definition) is 1. The van der Waals surface area contributed by atoms with Gasteiger partial charge in [-0.2, -0.15) is 0 Å². The van der Waals surface area contributed by atoms with Gasteiger partial charge in [0.15, 0.2) is 0 Å². The summed E-state index contributed by atoms with van der Waals surface area (Å²) in [6.07, 6.45) is 4.65. The summed E-state index contributed by atoms with van der Waals surface area (Å²) < 4.78 is 5.16. The molecular formula is C8H14O2. The molecule has 2 fully saturated rings. The molecule has 2 aliphatic rings. The lowest BCUT2D eigenvalue weighted by atomic mass is 9.63. The second kappa shape index (κ2) is 2.21. The van der Waals surface area contributed by atoms with Gasteiger partial charge in [-0.3, -0.25) is 0 Å². The number of hydrogen-bond acceptors (Lipinski definition) is 2. The minimum atomic E-state index is -0.171. The van der Waals surface area contributed by atoms with Crippen LogP contribution in [0, 0.1) is 5.41 Å². The van der Waals surface area contributed by atoms with Crippen LogP contribution in [0.2, 0.25) is 0 Å². The fourth-order valence-electron chi connectivity index (χ4n) is 2.03. The summed E-state index contributed by atoms with van der Waals surface area (Å²) in [5.41, 5.74) is 0.290. The van der Waals surface area contributed by atoms with E-state index in [9.17, 15) is 5.11 Å². The molecule has 0 radical (unpaired) electrons. The lowest BCUT2D eigenvalue weighted by Gasteiger charge is -2.48. The Hall–Kier alpha value is -0.0800. The fraction of sp³-hybridized carbons (Fsp3) is 1.00. The maximum absolute atomic E-state index is 9.55. The topological polar surface area (TPSA) is 29.5 Å². The summed E-state index contributed by atoms with van der Waals surface area (Å²) in [5, 5.41) is 9.55. The molecule has 0 bridgehead atoms. The van der Waals surface area contributed by atoms with Gasteiger partial charge < -0.3 is 9.84 Å². The van der Waals surface area contributed by atoms with Gasteiger partial charge in [0, 0.05) is 12.0 Å². The minimum absolute atomic E-state index is 0.171. The highest BCUT2D eigenvalue weighted by Crippen LogP contribution is 2.48. The van der Waals surface area contributed by atoms with Crippen LogP contribution in [-0.4, -0.2) is 24.4 Å². The molecule has 0 aromatic rings. The third-order valence-corrected chi connectivity index (χ3v) is 3.08. The molecule has 2 rings (SSSR count). The molecule has 2 heteroatoms. The number of ether oxygens (including phenoxy) is 1. The van der Waals surface area contributed by atoms with Crippen molar-refractivity contribution in [3.05, 3.63) is 0 Å². The molecule has 1 spiro atoms.